The van der Waals surface area contributed by atoms with Gasteiger partial charge >= 0.3 is 5.97 Å². The van der Waals surface area contributed by atoms with Crippen molar-refractivity contribution >= 4 is 23.5 Å². The van der Waals surface area contributed by atoms with Crippen molar-refractivity contribution in [2.24, 2.45) is 5.41 Å². The average Bonchev–Trinajstić information content (AvgIpc) is 2.71. The van der Waals surface area contributed by atoms with Gasteiger partial charge in [0, 0.05) is 23.7 Å². The number of aliphatic carboxylic acids is 1. The minimum atomic E-state index is -0.938. The first-order valence-corrected chi connectivity index (χ1v) is 6.18. The number of carboxylic acid groups (broad SMARTS) is 1. The van der Waals surface area contributed by atoms with Crippen molar-refractivity contribution in [3.05, 3.63) is 34.6 Å². The van der Waals surface area contributed by atoms with E-state index in [2.05, 4.69) is 0 Å². The summed E-state index contributed by atoms with van der Waals surface area (Å²) in [5, 5.41) is 9.25. The van der Waals surface area contributed by atoms with E-state index in [9.17, 15) is 14.0 Å². The Morgan fingerprint density at radius 1 is 1.42 bits per heavy atom. The van der Waals surface area contributed by atoms with Crippen LogP contribution in [0.5, 0.6) is 0 Å². The SMILES string of the molecule is CC1(C(=O)O)CCN(C(=O)c2cc(F)cc(Cl)c2)C1. The van der Waals surface area contributed by atoms with Crippen LogP contribution in [0.25, 0.3) is 0 Å². The number of benzene rings is 1. The van der Waals surface area contributed by atoms with Gasteiger partial charge in [0.05, 0.1) is 5.41 Å². The molecule has 1 aromatic rings. The van der Waals surface area contributed by atoms with E-state index in [-0.39, 0.29) is 17.1 Å². The van der Waals surface area contributed by atoms with Crippen LogP contribution in [0.2, 0.25) is 5.02 Å². The molecule has 0 spiro atoms. The highest BCUT2D eigenvalue weighted by Crippen LogP contribution is 2.31. The molecule has 1 N–H and O–H groups in total. The van der Waals surface area contributed by atoms with Crippen LogP contribution in [0.4, 0.5) is 4.39 Å². The molecule has 2 rings (SSSR count). The number of halogens is 2. The molecule has 0 radical (unpaired) electrons. The Kier molecular flexibility index (Phi) is 3.49. The maximum Gasteiger partial charge on any atom is 0.311 e. The van der Waals surface area contributed by atoms with E-state index >= 15 is 0 Å². The monoisotopic (exact) mass is 285 g/mol. The lowest BCUT2D eigenvalue weighted by Gasteiger charge is -2.20. The van der Waals surface area contributed by atoms with Crippen LogP contribution < -0.4 is 0 Å². The smallest absolute Gasteiger partial charge is 0.311 e. The van der Waals surface area contributed by atoms with Gasteiger partial charge in [0.15, 0.2) is 0 Å². The van der Waals surface area contributed by atoms with E-state index in [1.54, 1.807) is 6.92 Å². The second kappa shape index (κ2) is 4.81. The number of carboxylic acids is 1. The minimum absolute atomic E-state index is 0.120. The normalized spacial score (nSPS) is 22.6. The van der Waals surface area contributed by atoms with Gasteiger partial charge in [-0.3, -0.25) is 9.59 Å². The first kappa shape index (κ1) is 13.8. The molecule has 6 heteroatoms. The predicted molar refractivity (Wildman–Crippen MR) is 67.7 cm³/mol. The second-order valence-electron chi connectivity index (χ2n) is 5.00. The standard InChI is InChI=1S/C13H13ClFNO3/c1-13(12(18)19)2-3-16(7-13)11(17)8-4-9(14)6-10(15)5-8/h4-6H,2-3,7H2,1H3,(H,18,19). The van der Waals surface area contributed by atoms with E-state index in [0.29, 0.717) is 13.0 Å². The number of carbonyl (C=O) groups excluding carboxylic acids is 1. The Morgan fingerprint density at radius 3 is 2.63 bits per heavy atom. The summed E-state index contributed by atoms with van der Waals surface area (Å²) in [6, 6.07) is 3.59. The molecule has 0 aromatic heterocycles. The van der Waals surface area contributed by atoms with Gasteiger partial charge in [0.25, 0.3) is 5.91 Å². The predicted octanol–water partition coefficient (Wildman–Crippen LogP) is 2.42. The fraction of sp³-hybridized carbons (Fsp3) is 0.385. The Bertz CT molecular complexity index is 528. The maximum absolute atomic E-state index is 13.2. The molecule has 1 fully saturated rings. The molecule has 0 saturated carbocycles. The quantitative estimate of drug-likeness (QED) is 0.908. The fourth-order valence-corrected chi connectivity index (χ4v) is 2.39. The third-order valence-corrected chi connectivity index (χ3v) is 3.60. The van der Waals surface area contributed by atoms with E-state index in [1.165, 1.54) is 11.0 Å². The van der Waals surface area contributed by atoms with Gasteiger partial charge in [-0.15, -0.1) is 0 Å². The van der Waals surface area contributed by atoms with Crippen LogP contribution in [-0.4, -0.2) is 35.0 Å². The second-order valence-corrected chi connectivity index (χ2v) is 5.44. The summed E-state index contributed by atoms with van der Waals surface area (Å²) in [6.45, 7) is 2.06. The minimum Gasteiger partial charge on any atom is -0.481 e. The zero-order chi connectivity index (χ0) is 14.2. The van der Waals surface area contributed by atoms with Gasteiger partial charge in [-0.1, -0.05) is 11.6 Å². The zero-order valence-corrected chi connectivity index (χ0v) is 11.1. The number of hydrogen-bond donors (Lipinski definition) is 1. The van der Waals surface area contributed by atoms with Crippen LogP contribution in [0.3, 0.4) is 0 Å². The number of nitrogens with zero attached hydrogens (tertiary/aromatic N) is 1. The van der Waals surface area contributed by atoms with Gasteiger partial charge < -0.3 is 10.0 Å². The van der Waals surface area contributed by atoms with Crippen LogP contribution in [-0.2, 0) is 4.79 Å². The average molecular weight is 286 g/mol. The summed E-state index contributed by atoms with van der Waals surface area (Å²) in [7, 11) is 0. The van der Waals surface area contributed by atoms with E-state index in [1.807, 2.05) is 0 Å². The number of hydrogen-bond acceptors (Lipinski definition) is 2. The van der Waals surface area contributed by atoms with Crippen LogP contribution in [0.1, 0.15) is 23.7 Å². The lowest BCUT2D eigenvalue weighted by molar-refractivity contribution is -0.147. The summed E-state index contributed by atoms with van der Waals surface area (Å²) in [6.07, 6.45) is 0.386. The molecule has 1 aliphatic heterocycles. The number of likely N-dealkylation sites (tertiary alicyclic amines) is 1. The Balaban J connectivity index is 2.20. The summed E-state index contributed by atoms with van der Waals surface area (Å²) in [5.74, 6) is -1.91. The number of rotatable bonds is 2. The lowest BCUT2D eigenvalue weighted by Crippen LogP contribution is -2.34. The van der Waals surface area contributed by atoms with Gasteiger partial charge in [-0.05, 0) is 31.5 Å². The molecule has 0 aliphatic carbocycles. The molecule has 1 saturated heterocycles. The third-order valence-electron chi connectivity index (χ3n) is 3.39. The van der Waals surface area contributed by atoms with Crippen molar-refractivity contribution in [1.82, 2.24) is 4.90 Å². The summed E-state index contributed by atoms with van der Waals surface area (Å²) < 4.78 is 13.2. The molecule has 19 heavy (non-hydrogen) atoms. The highest BCUT2D eigenvalue weighted by atomic mass is 35.5. The molecule has 1 atom stereocenters. The van der Waals surface area contributed by atoms with Crippen LogP contribution in [0, 0.1) is 11.2 Å². The molecule has 4 nitrogen and oxygen atoms in total. The van der Waals surface area contributed by atoms with Crippen molar-refractivity contribution in [3.8, 4) is 0 Å². The molecule has 1 amide bonds. The van der Waals surface area contributed by atoms with Gasteiger partial charge in [-0.25, -0.2) is 4.39 Å². The Labute approximate surface area is 114 Å². The molecule has 1 unspecified atom stereocenters. The lowest BCUT2D eigenvalue weighted by atomic mass is 9.90. The first-order chi connectivity index (χ1) is 8.82. The molecule has 0 bridgehead atoms. The van der Waals surface area contributed by atoms with Gasteiger partial charge in [0.2, 0.25) is 0 Å². The van der Waals surface area contributed by atoms with E-state index in [0.717, 1.165) is 12.1 Å². The third kappa shape index (κ3) is 2.71. The molecule has 102 valence electrons. The van der Waals surface area contributed by atoms with E-state index in [4.69, 9.17) is 16.7 Å². The highest BCUT2D eigenvalue weighted by molar-refractivity contribution is 6.31. The zero-order valence-electron chi connectivity index (χ0n) is 10.3. The number of carbonyl (C=O) groups is 2. The summed E-state index contributed by atoms with van der Waals surface area (Å²) in [4.78, 5) is 24.7. The molecule has 1 aliphatic rings. The van der Waals surface area contributed by atoms with Crippen molar-refractivity contribution < 1.29 is 19.1 Å². The van der Waals surface area contributed by atoms with Gasteiger partial charge in [-0.2, -0.15) is 0 Å². The van der Waals surface area contributed by atoms with E-state index < -0.39 is 23.1 Å². The van der Waals surface area contributed by atoms with Gasteiger partial charge in [0.1, 0.15) is 5.82 Å². The first-order valence-electron chi connectivity index (χ1n) is 5.81. The Hall–Kier alpha value is -1.62. The summed E-state index contributed by atoms with van der Waals surface area (Å²) in [5.41, 5.74) is -0.799. The van der Waals surface area contributed by atoms with Crippen molar-refractivity contribution in [1.29, 1.82) is 0 Å². The Morgan fingerprint density at radius 2 is 2.11 bits per heavy atom. The van der Waals surface area contributed by atoms with Crippen LogP contribution in [0.15, 0.2) is 18.2 Å². The molecular formula is C13H13ClFNO3. The van der Waals surface area contributed by atoms with Crippen molar-refractivity contribution in [2.75, 3.05) is 13.1 Å². The fourth-order valence-electron chi connectivity index (χ4n) is 2.17. The van der Waals surface area contributed by atoms with Crippen molar-refractivity contribution in [3.63, 3.8) is 0 Å². The molecule has 1 aromatic carbocycles. The largest absolute Gasteiger partial charge is 0.481 e. The van der Waals surface area contributed by atoms with Crippen molar-refractivity contribution in [2.45, 2.75) is 13.3 Å². The summed E-state index contributed by atoms with van der Waals surface area (Å²) >= 11 is 5.70. The highest BCUT2D eigenvalue weighted by Gasteiger charge is 2.42. The van der Waals surface area contributed by atoms with Crippen LogP contribution >= 0.6 is 11.6 Å². The number of amides is 1. The maximum atomic E-state index is 13.2. The molecule has 1 heterocycles. The topological polar surface area (TPSA) is 57.6 Å². The molecular weight excluding hydrogens is 273 g/mol.